The summed E-state index contributed by atoms with van der Waals surface area (Å²) in [6.45, 7) is 10.5. The quantitative estimate of drug-likeness (QED) is 0.693. The third-order valence-corrected chi connectivity index (χ3v) is 5.82. The van der Waals surface area contributed by atoms with Crippen LogP contribution in [0.1, 0.15) is 53.4 Å². The molecule has 0 bridgehead atoms. The van der Waals surface area contributed by atoms with Crippen LogP contribution in [0.25, 0.3) is 0 Å². The maximum absolute atomic E-state index is 3.85. The summed E-state index contributed by atoms with van der Waals surface area (Å²) in [5.41, 5.74) is 0. The fraction of sp³-hybridized carbons (Fsp3) is 1.00. The Morgan fingerprint density at radius 2 is 1.81 bits per heavy atom. The van der Waals surface area contributed by atoms with Crippen LogP contribution in [0.5, 0.6) is 0 Å². The van der Waals surface area contributed by atoms with Crippen molar-refractivity contribution in [3.05, 3.63) is 0 Å². The van der Waals surface area contributed by atoms with Crippen LogP contribution >= 0.6 is 11.8 Å². The standard InChI is InChI=1S/C14H29NS/c1-6-14(7-2,16-5)10-15-13(11(3)4)12-8-9-12/h11-13,15H,6-10H2,1-5H3. The number of thioether (sulfide) groups is 1. The van der Waals surface area contributed by atoms with E-state index in [2.05, 4.69) is 39.3 Å². The molecule has 96 valence electrons. The zero-order chi connectivity index (χ0) is 12.2. The summed E-state index contributed by atoms with van der Waals surface area (Å²) >= 11 is 2.04. The third-order valence-electron chi connectivity index (χ3n) is 4.23. The number of hydrogen-bond donors (Lipinski definition) is 1. The van der Waals surface area contributed by atoms with Crippen LogP contribution < -0.4 is 5.32 Å². The number of hydrogen-bond acceptors (Lipinski definition) is 2. The zero-order valence-corrected chi connectivity index (χ0v) is 12.5. The van der Waals surface area contributed by atoms with E-state index in [1.165, 1.54) is 32.2 Å². The second-order valence-electron chi connectivity index (χ2n) is 5.58. The Kier molecular flexibility index (Phi) is 5.66. The SMILES string of the molecule is CCC(CC)(CNC(C(C)C)C1CC1)SC. The van der Waals surface area contributed by atoms with Gasteiger partial charge in [-0.15, -0.1) is 0 Å². The van der Waals surface area contributed by atoms with Crippen molar-refractivity contribution >= 4 is 11.8 Å². The van der Waals surface area contributed by atoms with Gasteiger partial charge in [-0.25, -0.2) is 0 Å². The molecule has 0 aromatic carbocycles. The van der Waals surface area contributed by atoms with Gasteiger partial charge in [0.1, 0.15) is 0 Å². The van der Waals surface area contributed by atoms with Crippen molar-refractivity contribution in [1.82, 2.24) is 5.32 Å². The summed E-state index contributed by atoms with van der Waals surface area (Å²) in [4.78, 5) is 0. The first-order valence-electron chi connectivity index (χ1n) is 6.87. The Balaban J connectivity index is 2.45. The smallest absolute Gasteiger partial charge is 0.0276 e. The predicted molar refractivity (Wildman–Crippen MR) is 76.2 cm³/mol. The summed E-state index contributed by atoms with van der Waals surface area (Å²) < 4.78 is 0.460. The molecular formula is C14H29NS. The highest BCUT2D eigenvalue weighted by Gasteiger charge is 2.34. The first kappa shape index (κ1) is 14.4. The van der Waals surface area contributed by atoms with E-state index in [1.807, 2.05) is 11.8 Å². The summed E-state index contributed by atoms with van der Waals surface area (Å²) in [5, 5.41) is 3.85. The average molecular weight is 243 g/mol. The molecule has 1 N–H and O–H groups in total. The van der Waals surface area contributed by atoms with Gasteiger partial charge in [0, 0.05) is 17.3 Å². The Morgan fingerprint density at radius 3 is 2.12 bits per heavy atom. The van der Waals surface area contributed by atoms with E-state index in [1.54, 1.807) is 0 Å². The molecule has 1 nitrogen and oxygen atoms in total. The molecule has 0 saturated heterocycles. The summed E-state index contributed by atoms with van der Waals surface area (Å²) in [6.07, 6.45) is 7.69. The van der Waals surface area contributed by atoms with Crippen molar-refractivity contribution in [2.24, 2.45) is 11.8 Å². The molecule has 1 rings (SSSR count). The molecule has 0 aromatic rings. The Labute approximate surface area is 106 Å². The minimum Gasteiger partial charge on any atom is -0.312 e. The van der Waals surface area contributed by atoms with Crippen molar-refractivity contribution in [3.63, 3.8) is 0 Å². The van der Waals surface area contributed by atoms with Crippen molar-refractivity contribution in [2.45, 2.75) is 64.2 Å². The van der Waals surface area contributed by atoms with Crippen LogP contribution in [0.15, 0.2) is 0 Å². The molecule has 0 radical (unpaired) electrons. The highest BCUT2D eigenvalue weighted by molar-refractivity contribution is 8.00. The fourth-order valence-electron chi connectivity index (χ4n) is 2.57. The molecule has 1 aliphatic rings. The van der Waals surface area contributed by atoms with Gasteiger partial charge in [-0.1, -0.05) is 27.7 Å². The molecule has 16 heavy (non-hydrogen) atoms. The maximum atomic E-state index is 3.85. The van der Waals surface area contributed by atoms with E-state index in [0.29, 0.717) is 4.75 Å². The minimum atomic E-state index is 0.460. The fourth-order valence-corrected chi connectivity index (χ4v) is 3.37. The second kappa shape index (κ2) is 6.30. The van der Waals surface area contributed by atoms with Crippen molar-refractivity contribution in [1.29, 1.82) is 0 Å². The van der Waals surface area contributed by atoms with E-state index in [-0.39, 0.29) is 0 Å². The van der Waals surface area contributed by atoms with E-state index in [0.717, 1.165) is 17.9 Å². The lowest BCUT2D eigenvalue weighted by molar-refractivity contribution is 0.338. The van der Waals surface area contributed by atoms with Gasteiger partial charge in [0.2, 0.25) is 0 Å². The summed E-state index contributed by atoms with van der Waals surface area (Å²) in [6, 6.07) is 0.754. The average Bonchev–Trinajstić information content (AvgIpc) is 3.09. The Bertz CT molecular complexity index is 185. The number of rotatable bonds is 8. The van der Waals surface area contributed by atoms with Gasteiger partial charge in [-0.05, 0) is 43.8 Å². The van der Waals surface area contributed by atoms with E-state index in [4.69, 9.17) is 0 Å². The largest absolute Gasteiger partial charge is 0.312 e. The van der Waals surface area contributed by atoms with Gasteiger partial charge in [0.05, 0.1) is 0 Å². The number of nitrogens with one attached hydrogen (secondary N) is 1. The minimum absolute atomic E-state index is 0.460. The van der Waals surface area contributed by atoms with Gasteiger partial charge < -0.3 is 5.32 Å². The lowest BCUT2D eigenvalue weighted by Gasteiger charge is -2.33. The second-order valence-corrected chi connectivity index (χ2v) is 6.86. The summed E-state index contributed by atoms with van der Waals surface area (Å²) in [7, 11) is 0. The first-order valence-corrected chi connectivity index (χ1v) is 8.09. The summed E-state index contributed by atoms with van der Waals surface area (Å²) in [5.74, 6) is 1.74. The van der Waals surface area contributed by atoms with Crippen LogP contribution in [0.4, 0.5) is 0 Å². The molecule has 1 fully saturated rings. The van der Waals surface area contributed by atoms with Crippen LogP contribution in [-0.2, 0) is 0 Å². The van der Waals surface area contributed by atoms with E-state index in [9.17, 15) is 0 Å². The van der Waals surface area contributed by atoms with E-state index < -0.39 is 0 Å². The molecule has 1 unspecified atom stereocenters. The first-order chi connectivity index (χ1) is 7.58. The van der Waals surface area contributed by atoms with Gasteiger partial charge in [0.15, 0.2) is 0 Å². The predicted octanol–water partition coefficient (Wildman–Crippen LogP) is 3.93. The lowest BCUT2D eigenvalue weighted by atomic mass is 9.96. The Hall–Kier alpha value is 0.310. The van der Waals surface area contributed by atoms with E-state index >= 15 is 0 Å². The van der Waals surface area contributed by atoms with Crippen LogP contribution in [0.2, 0.25) is 0 Å². The molecule has 1 atom stereocenters. The van der Waals surface area contributed by atoms with Crippen molar-refractivity contribution in [3.8, 4) is 0 Å². The highest BCUT2D eigenvalue weighted by Crippen LogP contribution is 2.37. The molecule has 2 heteroatoms. The van der Waals surface area contributed by atoms with Gasteiger partial charge in [0.25, 0.3) is 0 Å². The highest BCUT2D eigenvalue weighted by atomic mass is 32.2. The molecule has 1 aliphatic carbocycles. The molecule has 1 saturated carbocycles. The maximum Gasteiger partial charge on any atom is 0.0276 e. The molecule has 0 heterocycles. The van der Waals surface area contributed by atoms with Gasteiger partial charge in [-0.3, -0.25) is 0 Å². The van der Waals surface area contributed by atoms with Gasteiger partial charge in [-0.2, -0.15) is 11.8 Å². The molecule has 0 aromatic heterocycles. The van der Waals surface area contributed by atoms with Crippen molar-refractivity contribution < 1.29 is 0 Å². The molecule has 0 spiro atoms. The molecule has 0 aliphatic heterocycles. The normalized spacial score (nSPS) is 19.1. The molecular weight excluding hydrogens is 214 g/mol. The molecule has 0 amide bonds. The lowest BCUT2D eigenvalue weighted by Crippen LogP contribution is -2.44. The zero-order valence-electron chi connectivity index (χ0n) is 11.7. The third kappa shape index (κ3) is 3.66. The topological polar surface area (TPSA) is 12.0 Å². The van der Waals surface area contributed by atoms with Crippen LogP contribution in [0, 0.1) is 11.8 Å². The Morgan fingerprint density at radius 1 is 1.25 bits per heavy atom. The monoisotopic (exact) mass is 243 g/mol. The van der Waals surface area contributed by atoms with Gasteiger partial charge >= 0.3 is 0 Å². The van der Waals surface area contributed by atoms with Crippen LogP contribution in [-0.4, -0.2) is 23.6 Å². The van der Waals surface area contributed by atoms with Crippen molar-refractivity contribution in [2.75, 3.05) is 12.8 Å². The van der Waals surface area contributed by atoms with Crippen LogP contribution in [0.3, 0.4) is 0 Å².